The monoisotopic (exact) mass is 618 g/mol. The van der Waals surface area contributed by atoms with E-state index < -0.39 is 11.7 Å². The Morgan fingerprint density at radius 2 is 1.72 bits per heavy atom. The molecule has 0 aliphatic heterocycles. The van der Waals surface area contributed by atoms with Crippen LogP contribution in [0.1, 0.15) is 55.9 Å². The number of methoxy groups -OCH3 is 2. The van der Waals surface area contributed by atoms with Gasteiger partial charge >= 0.3 is 0 Å². The van der Waals surface area contributed by atoms with Gasteiger partial charge in [0.2, 0.25) is 11.7 Å². The molecule has 0 aliphatic carbocycles. The van der Waals surface area contributed by atoms with Gasteiger partial charge in [-0.3, -0.25) is 14.4 Å². The molecule has 0 aliphatic rings. The van der Waals surface area contributed by atoms with Crippen molar-refractivity contribution in [3.63, 3.8) is 0 Å². The lowest BCUT2D eigenvalue weighted by molar-refractivity contribution is -0.116. The van der Waals surface area contributed by atoms with Gasteiger partial charge in [-0.1, -0.05) is 17.3 Å². The largest absolute Gasteiger partial charge is 0.493 e. The maximum Gasteiger partial charge on any atom is 0.261 e. The van der Waals surface area contributed by atoms with Crippen LogP contribution >= 0.6 is 0 Å². The third kappa shape index (κ3) is 6.66. The van der Waals surface area contributed by atoms with Crippen molar-refractivity contribution < 1.29 is 32.8 Å². The fourth-order valence-corrected chi connectivity index (χ4v) is 4.85. The van der Waals surface area contributed by atoms with Gasteiger partial charge < -0.3 is 29.0 Å². The first kappa shape index (κ1) is 31.3. The molecule has 0 radical (unpaired) electrons. The molecule has 2 aromatic heterocycles. The van der Waals surface area contributed by atoms with Gasteiger partial charge in [-0.2, -0.15) is 5.26 Å². The van der Waals surface area contributed by atoms with Crippen LogP contribution in [0.3, 0.4) is 0 Å². The molecule has 2 amide bonds. The molecule has 0 unspecified atom stereocenters. The van der Waals surface area contributed by atoms with Crippen molar-refractivity contribution in [3.8, 4) is 17.6 Å². The van der Waals surface area contributed by atoms with Crippen molar-refractivity contribution >= 4 is 39.8 Å². The number of aryl methyl sites for hydroxylation is 1. The lowest BCUT2D eigenvalue weighted by Crippen LogP contribution is -2.23. The third-order valence-corrected chi connectivity index (χ3v) is 7.37. The van der Waals surface area contributed by atoms with E-state index in [0.29, 0.717) is 57.9 Å². The summed E-state index contributed by atoms with van der Waals surface area (Å²) in [5.74, 6) is 0.160. The Kier molecular flexibility index (Phi) is 9.28. The summed E-state index contributed by atoms with van der Waals surface area (Å²) in [6.45, 7) is 3.79. The van der Waals surface area contributed by atoms with Crippen LogP contribution in [-0.4, -0.2) is 43.5 Å². The Hall–Kier alpha value is -6.15. The molecule has 0 bridgehead atoms. The number of furan rings is 1. The van der Waals surface area contributed by atoms with Crippen LogP contribution in [0.2, 0.25) is 0 Å². The molecular formula is C35H30N4O7. The number of hydrogen-bond acceptors (Lipinski definition) is 9. The molecule has 2 N–H and O–H groups in total. The molecule has 232 valence electrons. The number of carbonyl (C=O) groups excluding carboxylic acids is 3. The lowest BCUT2D eigenvalue weighted by Gasteiger charge is -2.10. The highest BCUT2D eigenvalue weighted by Gasteiger charge is 2.25. The van der Waals surface area contributed by atoms with E-state index in [4.69, 9.17) is 23.7 Å². The number of benzene rings is 3. The summed E-state index contributed by atoms with van der Waals surface area (Å²) in [7, 11) is 3.14. The van der Waals surface area contributed by atoms with Gasteiger partial charge in [-0.15, -0.1) is 0 Å². The number of ketones is 1. The fraction of sp³-hybridized carbons (Fsp3) is 0.171. The summed E-state index contributed by atoms with van der Waals surface area (Å²) in [5.41, 5.74) is 3.69. The van der Waals surface area contributed by atoms with Crippen LogP contribution in [-0.2, 0) is 11.2 Å². The minimum absolute atomic E-state index is 0.0890. The second-order valence-electron chi connectivity index (χ2n) is 10.3. The predicted octanol–water partition coefficient (Wildman–Crippen LogP) is 5.86. The molecule has 0 saturated carbocycles. The summed E-state index contributed by atoms with van der Waals surface area (Å²) in [6, 6.07) is 18.9. The molecule has 11 heteroatoms. The quantitative estimate of drug-likeness (QED) is 0.137. The maximum atomic E-state index is 13.6. The second kappa shape index (κ2) is 13.7. The maximum absolute atomic E-state index is 13.6. The number of allylic oxidation sites excluding steroid dienone is 1. The van der Waals surface area contributed by atoms with E-state index in [2.05, 4.69) is 15.8 Å². The van der Waals surface area contributed by atoms with Gasteiger partial charge in [0.05, 0.1) is 37.7 Å². The summed E-state index contributed by atoms with van der Waals surface area (Å²) in [6.07, 6.45) is 3.36. The number of amides is 2. The van der Waals surface area contributed by atoms with Crippen LogP contribution in [0.15, 0.2) is 81.9 Å². The van der Waals surface area contributed by atoms with Crippen molar-refractivity contribution in [1.82, 2.24) is 10.5 Å². The zero-order valence-corrected chi connectivity index (χ0v) is 25.6. The molecule has 5 rings (SSSR count). The molecular weight excluding hydrogens is 588 g/mol. The first-order valence-electron chi connectivity index (χ1n) is 14.2. The minimum atomic E-state index is -0.540. The number of hydrogen-bond donors (Lipinski definition) is 2. The Labute approximate surface area is 264 Å². The Morgan fingerprint density at radius 1 is 0.978 bits per heavy atom. The average molecular weight is 619 g/mol. The Balaban J connectivity index is 1.40. The predicted molar refractivity (Wildman–Crippen MR) is 170 cm³/mol. The van der Waals surface area contributed by atoms with Gasteiger partial charge in [0.15, 0.2) is 17.3 Å². The Morgan fingerprint density at radius 3 is 2.39 bits per heavy atom. The minimum Gasteiger partial charge on any atom is -0.493 e. The third-order valence-electron chi connectivity index (χ3n) is 7.37. The van der Waals surface area contributed by atoms with E-state index in [1.54, 1.807) is 46.3 Å². The number of nitrogens with zero attached hydrogens (tertiary/aromatic N) is 2. The highest BCUT2D eigenvalue weighted by Crippen LogP contribution is 2.35. The van der Waals surface area contributed by atoms with Crippen molar-refractivity contribution in [2.24, 2.45) is 0 Å². The second-order valence-corrected chi connectivity index (χ2v) is 10.3. The first-order valence-corrected chi connectivity index (χ1v) is 14.2. The molecule has 0 saturated heterocycles. The number of nitriles is 1. The van der Waals surface area contributed by atoms with Gasteiger partial charge in [-0.05, 0) is 85.5 Å². The smallest absolute Gasteiger partial charge is 0.261 e. The van der Waals surface area contributed by atoms with Gasteiger partial charge in [0, 0.05) is 23.6 Å². The van der Waals surface area contributed by atoms with Crippen LogP contribution in [0.4, 0.5) is 5.69 Å². The first-order chi connectivity index (χ1) is 22.2. The van der Waals surface area contributed by atoms with Crippen molar-refractivity contribution in [2.45, 2.75) is 20.3 Å². The zero-order chi connectivity index (χ0) is 32.8. The van der Waals surface area contributed by atoms with Crippen LogP contribution < -0.4 is 20.1 Å². The van der Waals surface area contributed by atoms with E-state index in [0.717, 1.165) is 5.56 Å². The van der Waals surface area contributed by atoms with E-state index in [1.165, 1.54) is 36.5 Å². The molecule has 0 fully saturated rings. The normalized spacial score (nSPS) is 11.2. The van der Waals surface area contributed by atoms with E-state index in [1.807, 2.05) is 24.3 Å². The van der Waals surface area contributed by atoms with Crippen LogP contribution in [0, 0.1) is 18.3 Å². The van der Waals surface area contributed by atoms with E-state index in [9.17, 15) is 14.4 Å². The number of fused-ring (bicyclic) bond motifs is 1. The average Bonchev–Trinajstić information content (AvgIpc) is 3.67. The lowest BCUT2D eigenvalue weighted by atomic mass is 10.0. The molecule has 2 heterocycles. The highest BCUT2D eigenvalue weighted by atomic mass is 16.5. The van der Waals surface area contributed by atoms with Crippen molar-refractivity contribution in [1.29, 1.82) is 5.26 Å². The van der Waals surface area contributed by atoms with E-state index in [-0.39, 0.29) is 28.5 Å². The van der Waals surface area contributed by atoms with Crippen molar-refractivity contribution in [3.05, 3.63) is 112 Å². The SMILES string of the molecule is COc1ccc(CCNC(=O)/C=C(\C)c2ccc3oc(C(=O)c4ccc(C#N)cc4)c(NC(=O)c4cnoc4C)c3c2)cc1OC. The fourth-order valence-electron chi connectivity index (χ4n) is 4.85. The van der Waals surface area contributed by atoms with Gasteiger partial charge in [0.25, 0.3) is 5.91 Å². The number of ether oxygens (including phenoxy) is 2. The number of rotatable bonds is 11. The van der Waals surface area contributed by atoms with Gasteiger partial charge in [0.1, 0.15) is 16.9 Å². The molecule has 46 heavy (non-hydrogen) atoms. The Bertz CT molecular complexity index is 2010. The molecule has 5 aromatic rings. The number of nitrogens with one attached hydrogen (secondary N) is 2. The molecule has 0 atom stereocenters. The van der Waals surface area contributed by atoms with Crippen LogP contribution in [0.5, 0.6) is 11.5 Å². The number of anilines is 1. The standard InChI is InChI=1S/C35H30N4O7/c1-20(15-31(40)37-14-13-22-7-11-29(43-3)30(16-22)44-4)25-10-12-28-26(17-25)32(39-35(42)27-19-38-46-21(27)2)34(45-28)33(41)24-8-5-23(18-36)6-9-24/h5-12,15-17,19H,13-14H2,1-4H3,(H,37,40)(H,39,42)/b20-15+. The van der Waals surface area contributed by atoms with Crippen molar-refractivity contribution in [2.75, 3.05) is 26.1 Å². The number of carbonyl (C=O) groups is 3. The summed E-state index contributed by atoms with van der Waals surface area (Å²) in [5, 5.41) is 18.9. The van der Waals surface area contributed by atoms with E-state index >= 15 is 0 Å². The zero-order valence-electron chi connectivity index (χ0n) is 25.6. The summed E-state index contributed by atoms with van der Waals surface area (Å²) < 4.78 is 21.6. The van der Waals surface area contributed by atoms with Crippen LogP contribution in [0.25, 0.3) is 16.5 Å². The molecule has 0 spiro atoms. The topological polar surface area (TPSA) is 157 Å². The molecule has 11 nitrogen and oxygen atoms in total. The highest BCUT2D eigenvalue weighted by molar-refractivity contribution is 6.19. The number of aromatic nitrogens is 1. The summed E-state index contributed by atoms with van der Waals surface area (Å²) >= 11 is 0. The summed E-state index contributed by atoms with van der Waals surface area (Å²) in [4.78, 5) is 39.5. The van der Waals surface area contributed by atoms with Gasteiger partial charge in [-0.25, -0.2) is 0 Å². The molecule has 3 aromatic carbocycles.